The van der Waals surface area contributed by atoms with Crippen LogP contribution in [0.1, 0.15) is 30.4 Å². The predicted octanol–water partition coefficient (Wildman–Crippen LogP) is 3.77. The second-order valence-corrected chi connectivity index (χ2v) is 8.38. The van der Waals surface area contributed by atoms with E-state index in [4.69, 9.17) is 14.6 Å². The van der Waals surface area contributed by atoms with Gasteiger partial charge >= 0.3 is 5.97 Å². The molecule has 166 valence electrons. The molecule has 1 amide bonds. The van der Waals surface area contributed by atoms with Gasteiger partial charge in [-0.25, -0.2) is 4.72 Å². The number of hydrogen-bond acceptors (Lipinski definition) is 6. The fraction of sp³-hybridized carbons (Fsp3) is 0.391. The fourth-order valence-corrected chi connectivity index (χ4v) is 3.79. The molecular formula is C23H28N2O5S. The van der Waals surface area contributed by atoms with Gasteiger partial charge in [0.1, 0.15) is 6.04 Å². The zero-order valence-electron chi connectivity index (χ0n) is 17.5. The van der Waals surface area contributed by atoms with Crippen LogP contribution >= 0.6 is 11.9 Å². The third-order valence-corrected chi connectivity index (χ3v) is 5.73. The Morgan fingerprint density at radius 3 is 2.55 bits per heavy atom. The molecule has 1 heterocycles. The smallest absolute Gasteiger partial charge is 0.307 e. The Morgan fingerprint density at radius 1 is 1.16 bits per heavy atom. The molecule has 1 aliphatic heterocycles. The molecule has 2 atom stereocenters. The van der Waals surface area contributed by atoms with Crippen molar-refractivity contribution in [1.82, 2.24) is 4.72 Å². The van der Waals surface area contributed by atoms with Gasteiger partial charge in [-0.1, -0.05) is 29.8 Å². The summed E-state index contributed by atoms with van der Waals surface area (Å²) >= 11 is 1.38. The molecule has 0 saturated carbocycles. The van der Waals surface area contributed by atoms with Crippen LogP contribution in [0.15, 0.2) is 53.4 Å². The summed E-state index contributed by atoms with van der Waals surface area (Å²) in [5, 5.41) is 11.8. The van der Waals surface area contributed by atoms with E-state index in [2.05, 4.69) is 10.0 Å². The van der Waals surface area contributed by atoms with E-state index in [1.54, 1.807) is 24.3 Å². The van der Waals surface area contributed by atoms with Gasteiger partial charge < -0.3 is 19.9 Å². The lowest BCUT2D eigenvalue weighted by Crippen LogP contribution is -2.42. The summed E-state index contributed by atoms with van der Waals surface area (Å²) in [4.78, 5) is 24.7. The van der Waals surface area contributed by atoms with Crippen LogP contribution in [0.25, 0.3) is 0 Å². The van der Waals surface area contributed by atoms with Crippen LogP contribution < -0.4 is 10.0 Å². The first-order valence-electron chi connectivity index (χ1n) is 10.3. The number of aryl methyl sites for hydroxylation is 1. The molecule has 3 N–H and O–H groups in total. The monoisotopic (exact) mass is 444 g/mol. The van der Waals surface area contributed by atoms with E-state index in [-0.39, 0.29) is 25.2 Å². The number of nitrogens with one attached hydrogen (secondary N) is 2. The maximum atomic E-state index is 12.9. The lowest BCUT2D eigenvalue weighted by molar-refractivity contribution is -0.166. The second-order valence-electron chi connectivity index (χ2n) is 7.47. The average Bonchev–Trinajstić information content (AvgIpc) is 2.76. The van der Waals surface area contributed by atoms with Crippen LogP contribution in [-0.2, 0) is 25.5 Å². The molecular weight excluding hydrogens is 416 g/mol. The van der Waals surface area contributed by atoms with Gasteiger partial charge in [0.05, 0.1) is 13.0 Å². The molecule has 2 aromatic rings. The molecule has 0 spiro atoms. The normalized spacial score (nSPS) is 17.1. The number of rotatable bonds is 10. The Balaban J connectivity index is 1.60. The zero-order chi connectivity index (χ0) is 22.1. The molecule has 7 nitrogen and oxygen atoms in total. The first-order valence-corrected chi connectivity index (χ1v) is 11.1. The number of hydrogen-bond donors (Lipinski definition) is 3. The van der Waals surface area contributed by atoms with Crippen LogP contribution in [0.3, 0.4) is 0 Å². The number of anilines is 1. The van der Waals surface area contributed by atoms with Gasteiger partial charge in [-0.3, -0.25) is 9.59 Å². The molecule has 2 unspecified atom stereocenters. The minimum absolute atomic E-state index is 0.0547. The standard InChI is InChI=1S/C23H28N2O5S/c1-16-5-11-19(12-6-16)31-25-20(15-30-22-4-2-3-13-29-22)23(28)24-18-9-7-17(8-10-18)14-21(26)27/h5-12,20,22,25H,2-4,13-15H2,1H3,(H,24,28)(H,26,27). The highest BCUT2D eigenvalue weighted by molar-refractivity contribution is 7.97. The zero-order valence-corrected chi connectivity index (χ0v) is 18.3. The van der Waals surface area contributed by atoms with Crippen molar-refractivity contribution in [3.8, 4) is 0 Å². The molecule has 3 rings (SSSR count). The van der Waals surface area contributed by atoms with Gasteiger partial charge in [0, 0.05) is 17.2 Å². The first-order chi connectivity index (χ1) is 15.0. The summed E-state index contributed by atoms with van der Waals surface area (Å²) in [6, 6.07) is 14.2. The molecule has 0 aromatic heterocycles. The highest BCUT2D eigenvalue weighted by Gasteiger charge is 2.23. The van der Waals surface area contributed by atoms with Crippen molar-refractivity contribution in [1.29, 1.82) is 0 Å². The molecule has 0 bridgehead atoms. The maximum absolute atomic E-state index is 12.9. The van der Waals surface area contributed by atoms with Gasteiger partial charge in [0.15, 0.2) is 6.29 Å². The minimum Gasteiger partial charge on any atom is -0.481 e. The van der Waals surface area contributed by atoms with Gasteiger partial charge in [-0.05, 0) is 68.0 Å². The van der Waals surface area contributed by atoms with E-state index in [9.17, 15) is 9.59 Å². The Bertz CT molecular complexity index is 851. The SMILES string of the molecule is Cc1ccc(SNC(COC2CCCCO2)C(=O)Nc2ccc(CC(=O)O)cc2)cc1. The number of carbonyl (C=O) groups excluding carboxylic acids is 1. The van der Waals surface area contributed by atoms with Gasteiger partial charge in [-0.15, -0.1) is 0 Å². The Kier molecular flexibility index (Phi) is 8.90. The van der Waals surface area contributed by atoms with Crippen molar-refractivity contribution < 1.29 is 24.2 Å². The number of benzene rings is 2. The minimum atomic E-state index is -0.892. The van der Waals surface area contributed by atoms with E-state index in [1.807, 2.05) is 31.2 Å². The van der Waals surface area contributed by atoms with E-state index in [1.165, 1.54) is 17.5 Å². The van der Waals surface area contributed by atoms with Crippen molar-refractivity contribution in [3.63, 3.8) is 0 Å². The summed E-state index contributed by atoms with van der Waals surface area (Å²) in [7, 11) is 0. The molecule has 0 aliphatic carbocycles. The van der Waals surface area contributed by atoms with Crippen molar-refractivity contribution in [2.75, 3.05) is 18.5 Å². The number of aliphatic carboxylic acids is 1. The summed E-state index contributed by atoms with van der Waals surface area (Å²) in [5.74, 6) is -1.13. The largest absolute Gasteiger partial charge is 0.481 e. The highest BCUT2D eigenvalue weighted by atomic mass is 32.2. The lowest BCUT2D eigenvalue weighted by atomic mass is 10.1. The Morgan fingerprint density at radius 2 is 1.90 bits per heavy atom. The Hall–Kier alpha value is -2.39. The number of carboxylic acids is 1. The van der Waals surface area contributed by atoms with Crippen LogP contribution in [0, 0.1) is 6.92 Å². The van der Waals surface area contributed by atoms with Crippen molar-refractivity contribution >= 4 is 29.5 Å². The maximum Gasteiger partial charge on any atom is 0.307 e. The number of ether oxygens (including phenoxy) is 2. The van der Waals surface area contributed by atoms with Crippen molar-refractivity contribution in [3.05, 3.63) is 59.7 Å². The van der Waals surface area contributed by atoms with E-state index < -0.39 is 12.0 Å². The molecule has 8 heteroatoms. The summed E-state index contributed by atoms with van der Waals surface area (Å²) < 4.78 is 14.7. The average molecular weight is 445 g/mol. The molecule has 0 radical (unpaired) electrons. The summed E-state index contributed by atoms with van der Waals surface area (Å²) in [5.41, 5.74) is 2.44. The third kappa shape index (κ3) is 7.99. The number of carbonyl (C=O) groups is 2. The summed E-state index contributed by atoms with van der Waals surface area (Å²) in [6.07, 6.45) is 2.56. The van der Waals surface area contributed by atoms with Crippen molar-refractivity contribution in [2.45, 2.75) is 49.8 Å². The van der Waals surface area contributed by atoms with E-state index >= 15 is 0 Å². The highest BCUT2D eigenvalue weighted by Crippen LogP contribution is 2.18. The molecule has 1 aliphatic rings. The second kappa shape index (κ2) is 11.9. The van der Waals surface area contributed by atoms with Gasteiger partial charge in [0.2, 0.25) is 5.91 Å². The lowest BCUT2D eigenvalue weighted by Gasteiger charge is -2.25. The van der Waals surface area contributed by atoms with Crippen LogP contribution in [0.5, 0.6) is 0 Å². The number of amides is 1. The fourth-order valence-electron chi connectivity index (χ4n) is 3.06. The first kappa shape index (κ1) is 23.3. The van der Waals surface area contributed by atoms with E-state index in [0.29, 0.717) is 17.9 Å². The van der Waals surface area contributed by atoms with Gasteiger partial charge in [0.25, 0.3) is 0 Å². The van der Waals surface area contributed by atoms with E-state index in [0.717, 1.165) is 24.2 Å². The van der Waals surface area contributed by atoms with Gasteiger partial charge in [-0.2, -0.15) is 0 Å². The predicted molar refractivity (Wildman–Crippen MR) is 120 cm³/mol. The van der Waals surface area contributed by atoms with Crippen molar-refractivity contribution in [2.24, 2.45) is 0 Å². The molecule has 1 fully saturated rings. The molecule has 1 saturated heterocycles. The van der Waals surface area contributed by atoms with Crippen LogP contribution in [-0.4, -0.2) is 42.5 Å². The topological polar surface area (TPSA) is 96.9 Å². The molecule has 31 heavy (non-hydrogen) atoms. The Labute approximate surface area is 186 Å². The van der Waals surface area contributed by atoms with Crippen LogP contribution in [0.4, 0.5) is 5.69 Å². The molecule has 2 aromatic carbocycles. The number of carboxylic acid groups (broad SMARTS) is 1. The quantitative estimate of drug-likeness (QED) is 0.480. The van der Waals surface area contributed by atoms with Crippen LogP contribution in [0.2, 0.25) is 0 Å². The third-order valence-electron chi connectivity index (χ3n) is 4.82. The summed E-state index contributed by atoms with van der Waals surface area (Å²) in [6.45, 7) is 2.88.